The predicted octanol–water partition coefficient (Wildman–Crippen LogP) is 1.82. The summed E-state index contributed by atoms with van der Waals surface area (Å²) in [5.74, 6) is -2.54. The predicted molar refractivity (Wildman–Crippen MR) is 109 cm³/mol. The summed E-state index contributed by atoms with van der Waals surface area (Å²) in [7, 11) is 4.19. The van der Waals surface area contributed by atoms with Gasteiger partial charge in [-0.15, -0.1) is 0 Å². The van der Waals surface area contributed by atoms with Crippen LogP contribution < -0.4 is 24.8 Å². The summed E-state index contributed by atoms with van der Waals surface area (Å²) in [5, 5.41) is 13.4. The van der Waals surface area contributed by atoms with Crippen molar-refractivity contribution in [3.63, 3.8) is 0 Å². The fraction of sp³-hybridized carbons (Fsp3) is 0.190. The van der Waals surface area contributed by atoms with Crippen molar-refractivity contribution in [3.05, 3.63) is 59.0 Å². The first kappa shape index (κ1) is 23.2. The Morgan fingerprint density at radius 3 is 2.06 bits per heavy atom. The minimum atomic E-state index is -1.26. The Balaban J connectivity index is 2.39. The Kier molecular flexibility index (Phi) is 7.95. The molecule has 0 radical (unpaired) electrons. The first-order valence-electron chi connectivity index (χ1n) is 8.87. The molecule has 0 aliphatic carbocycles. The molecule has 2 rings (SSSR count). The van der Waals surface area contributed by atoms with E-state index in [4.69, 9.17) is 19.3 Å². The van der Waals surface area contributed by atoms with Crippen molar-refractivity contribution in [2.75, 3.05) is 27.9 Å². The van der Waals surface area contributed by atoms with Crippen LogP contribution in [0.5, 0.6) is 17.2 Å². The van der Waals surface area contributed by atoms with Crippen molar-refractivity contribution in [1.29, 1.82) is 0 Å². The average molecular weight is 432 g/mol. The highest BCUT2D eigenvalue weighted by Gasteiger charge is 2.20. The lowest BCUT2D eigenvalue weighted by Crippen LogP contribution is -2.37. The summed E-state index contributed by atoms with van der Waals surface area (Å²) in [6, 6.07) is 7.93. The normalized spacial score (nSPS) is 10.8. The quantitative estimate of drug-likeness (QED) is 0.517. The van der Waals surface area contributed by atoms with Gasteiger partial charge in [-0.3, -0.25) is 14.4 Å². The van der Waals surface area contributed by atoms with E-state index < -0.39 is 30.1 Å². The summed E-state index contributed by atoms with van der Waals surface area (Å²) in [6.07, 6.45) is 1.28. The number of amides is 2. The zero-order chi connectivity index (χ0) is 23.0. The van der Waals surface area contributed by atoms with E-state index in [0.29, 0.717) is 5.56 Å². The number of hydrogen-bond donors (Lipinski definition) is 3. The van der Waals surface area contributed by atoms with Crippen LogP contribution in [0.15, 0.2) is 42.1 Å². The van der Waals surface area contributed by atoms with Crippen LogP contribution in [0.1, 0.15) is 15.9 Å². The molecule has 2 aromatic rings. The molecule has 0 saturated carbocycles. The van der Waals surface area contributed by atoms with Gasteiger partial charge >= 0.3 is 5.97 Å². The molecule has 0 atom stereocenters. The number of rotatable bonds is 9. The number of methoxy groups -OCH3 is 3. The number of carboxylic acid groups (broad SMARTS) is 1. The van der Waals surface area contributed by atoms with Gasteiger partial charge in [0.05, 0.1) is 21.3 Å². The highest BCUT2D eigenvalue weighted by molar-refractivity contribution is 6.06. The number of benzene rings is 2. The van der Waals surface area contributed by atoms with Crippen molar-refractivity contribution < 1.29 is 38.1 Å². The van der Waals surface area contributed by atoms with Crippen molar-refractivity contribution in [2.45, 2.75) is 0 Å². The minimum Gasteiger partial charge on any atom is -0.493 e. The van der Waals surface area contributed by atoms with Crippen molar-refractivity contribution in [3.8, 4) is 17.2 Å². The maximum absolute atomic E-state index is 13.2. The fourth-order valence-electron chi connectivity index (χ4n) is 2.54. The molecule has 0 bridgehead atoms. The van der Waals surface area contributed by atoms with Gasteiger partial charge in [0.15, 0.2) is 11.5 Å². The maximum atomic E-state index is 13.2. The maximum Gasteiger partial charge on any atom is 0.322 e. The van der Waals surface area contributed by atoms with E-state index in [0.717, 1.165) is 0 Å². The topological polar surface area (TPSA) is 123 Å². The summed E-state index contributed by atoms with van der Waals surface area (Å²) in [5.41, 5.74) is 0.254. The van der Waals surface area contributed by atoms with Gasteiger partial charge < -0.3 is 30.0 Å². The van der Waals surface area contributed by atoms with Gasteiger partial charge in [0.2, 0.25) is 5.75 Å². The van der Waals surface area contributed by atoms with Gasteiger partial charge in [-0.1, -0.05) is 12.1 Å². The van der Waals surface area contributed by atoms with E-state index in [2.05, 4.69) is 10.6 Å². The van der Waals surface area contributed by atoms with Gasteiger partial charge in [-0.05, 0) is 35.9 Å². The second-order valence-corrected chi connectivity index (χ2v) is 6.05. The summed E-state index contributed by atoms with van der Waals surface area (Å²) in [6.45, 7) is -0.653. The van der Waals surface area contributed by atoms with Crippen molar-refractivity contribution >= 4 is 23.9 Å². The van der Waals surface area contributed by atoms with Crippen LogP contribution in [-0.2, 0) is 9.59 Å². The molecule has 3 N–H and O–H groups in total. The standard InChI is InChI=1S/C21H21FN2O7/c1-29-16-9-13(10-17(30-2)19(16)31-3)20(27)24-15(21(28)23-11-18(25)26)8-12-4-6-14(22)7-5-12/h4-10H,11H2,1-3H3,(H,23,28)(H,24,27)(H,25,26)/b15-8+. The third kappa shape index (κ3) is 6.20. The summed E-state index contributed by atoms with van der Waals surface area (Å²) >= 11 is 0. The Bertz CT molecular complexity index is 978. The monoisotopic (exact) mass is 432 g/mol. The number of aliphatic carboxylic acids is 1. The Morgan fingerprint density at radius 2 is 1.58 bits per heavy atom. The fourth-order valence-corrected chi connectivity index (χ4v) is 2.54. The van der Waals surface area contributed by atoms with Gasteiger partial charge in [-0.2, -0.15) is 0 Å². The van der Waals surface area contributed by atoms with Gasteiger partial charge in [0.1, 0.15) is 18.1 Å². The van der Waals surface area contributed by atoms with Gasteiger partial charge in [0, 0.05) is 5.56 Å². The Hall–Kier alpha value is -4.08. The zero-order valence-corrected chi connectivity index (χ0v) is 17.0. The molecule has 9 nitrogen and oxygen atoms in total. The van der Waals surface area contributed by atoms with E-state index in [1.807, 2.05) is 0 Å². The van der Waals surface area contributed by atoms with Crippen LogP contribution in [0, 0.1) is 5.82 Å². The number of nitrogens with one attached hydrogen (secondary N) is 2. The highest BCUT2D eigenvalue weighted by Crippen LogP contribution is 2.38. The molecule has 0 aromatic heterocycles. The molecule has 0 aliphatic rings. The molecule has 0 aliphatic heterocycles. The molecule has 0 unspecified atom stereocenters. The smallest absolute Gasteiger partial charge is 0.322 e. The van der Waals surface area contributed by atoms with Crippen LogP contribution in [0.25, 0.3) is 6.08 Å². The first-order chi connectivity index (χ1) is 14.8. The number of carbonyl (C=O) groups is 3. The molecular weight excluding hydrogens is 411 g/mol. The summed E-state index contributed by atoms with van der Waals surface area (Å²) < 4.78 is 28.8. The average Bonchev–Trinajstić information content (AvgIpc) is 2.77. The molecule has 10 heteroatoms. The third-order valence-corrected chi connectivity index (χ3v) is 4.00. The Labute approximate surface area is 177 Å². The largest absolute Gasteiger partial charge is 0.493 e. The van der Waals surface area contributed by atoms with Gasteiger partial charge in [-0.25, -0.2) is 4.39 Å². The minimum absolute atomic E-state index is 0.0885. The lowest BCUT2D eigenvalue weighted by molar-refractivity contribution is -0.137. The van der Waals surface area contributed by atoms with Crippen LogP contribution in [0.2, 0.25) is 0 Å². The Morgan fingerprint density at radius 1 is 1.00 bits per heavy atom. The number of hydrogen-bond acceptors (Lipinski definition) is 6. The van der Waals surface area contributed by atoms with Crippen LogP contribution >= 0.6 is 0 Å². The molecule has 0 heterocycles. The number of carbonyl (C=O) groups excluding carboxylic acids is 2. The number of ether oxygens (including phenoxy) is 3. The lowest BCUT2D eigenvalue weighted by Gasteiger charge is -2.15. The third-order valence-electron chi connectivity index (χ3n) is 4.00. The van der Waals surface area contributed by atoms with E-state index in [1.165, 1.54) is 63.8 Å². The molecule has 0 saturated heterocycles. The van der Waals surface area contributed by atoms with E-state index >= 15 is 0 Å². The van der Waals surface area contributed by atoms with E-state index in [-0.39, 0.29) is 28.5 Å². The molecule has 0 fully saturated rings. The second kappa shape index (κ2) is 10.6. The molecule has 0 spiro atoms. The first-order valence-corrected chi connectivity index (χ1v) is 8.87. The number of carboxylic acids is 1. The summed E-state index contributed by atoms with van der Waals surface area (Å²) in [4.78, 5) is 36.0. The van der Waals surface area contributed by atoms with Crippen LogP contribution in [0.3, 0.4) is 0 Å². The van der Waals surface area contributed by atoms with Crippen LogP contribution in [0.4, 0.5) is 4.39 Å². The van der Waals surface area contributed by atoms with Crippen molar-refractivity contribution in [2.24, 2.45) is 0 Å². The highest BCUT2D eigenvalue weighted by atomic mass is 19.1. The molecule has 164 valence electrons. The SMILES string of the molecule is COc1cc(C(=O)N/C(=C/c2ccc(F)cc2)C(=O)NCC(=O)O)cc(OC)c1OC. The lowest BCUT2D eigenvalue weighted by atomic mass is 10.1. The second-order valence-electron chi connectivity index (χ2n) is 6.05. The van der Waals surface area contributed by atoms with Gasteiger partial charge in [0.25, 0.3) is 11.8 Å². The van der Waals surface area contributed by atoms with Crippen LogP contribution in [-0.4, -0.2) is 50.8 Å². The molecule has 2 amide bonds. The van der Waals surface area contributed by atoms with E-state index in [9.17, 15) is 18.8 Å². The molecule has 31 heavy (non-hydrogen) atoms. The number of halogens is 1. The van der Waals surface area contributed by atoms with E-state index in [1.54, 1.807) is 0 Å². The zero-order valence-electron chi connectivity index (χ0n) is 17.0. The molecule has 2 aromatic carbocycles. The molecular formula is C21H21FN2O7. The van der Waals surface area contributed by atoms with Crippen molar-refractivity contribution in [1.82, 2.24) is 10.6 Å².